The van der Waals surface area contributed by atoms with Crippen molar-refractivity contribution in [2.75, 3.05) is 4.72 Å². The minimum atomic E-state index is -4.26. The summed E-state index contributed by atoms with van der Waals surface area (Å²) in [4.78, 5) is 10.5. The van der Waals surface area contributed by atoms with Gasteiger partial charge in [0.15, 0.2) is 0 Å². The number of halogens is 2. The Hall–Kier alpha value is -2.12. The molecule has 0 aliphatic heterocycles. The number of carboxylic acids is 1. The molecule has 110 valence electrons. The molecule has 5 nitrogen and oxygen atoms in total. The van der Waals surface area contributed by atoms with Crippen molar-refractivity contribution in [3.63, 3.8) is 0 Å². The van der Waals surface area contributed by atoms with E-state index < -0.39 is 26.7 Å². The fourth-order valence-corrected chi connectivity index (χ4v) is 2.97. The van der Waals surface area contributed by atoms with Crippen LogP contribution in [0.15, 0.2) is 47.4 Å². The van der Waals surface area contributed by atoms with Gasteiger partial charge in [-0.25, -0.2) is 17.6 Å². The van der Waals surface area contributed by atoms with E-state index in [4.69, 9.17) is 16.7 Å². The molecular weight excluding hydrogens is 321 g/mol. The normalized spacial score (nSPS) is 11.1. The van der Waals surface area contributed by atoms with E-state index in [9.17, 15) is 17.6 Å². The number of benzene rings is 2. The van der Waals surface area contributed by atoms with Crippen molar-refractivity contribution < 1.29 is 22.7 Å². The van der Waals surface area contributed by atoms with Gasteiger partial charge in [0.05, 0.1) is 11.3 Å². The van der Waals surface area contributed by atoms with E-state index in [0.717, 1.165) is 24.3 Å². The molecule has 0 spiro atoms. The average molecular weight is 330 g/mol. The Morgan fingerprint density at radius 1 is 1.19 bits per heavy atom. The molecule has 0 saturated heterocycles. The van der Waals surface area contributed by atoms with Crippen molar-refractivity contribution in [2.45, 2.75) is 4.90 Å². The van der Waals surface area contributed by atoms with E-state index in [2.05, 4.69) is 0 Å². The van der Waals surface area contributed by atoms with Crippen molar-refractivity contribution in [3.05, 3.63) is 58.9 Å². The minimum Gasteiger partial charge on any atom is -0.478 e. The zero-order chi connectivity index (χ0) is 15.6. The van der Waals surface area contributed by atoms with Gasteiger partial charge in [-0.2, -0.15) is 0 Å². The molecule has 0 amide bonds. The average Bonchev–Trinajstić information content (AvgIpc) is 2.38. The lowest BCUT2D eigenvalue weighted by atomic mass is 10.2. The SMILES string of the molecule is O=C(O)c1ccc(Cl)cc1NS(=O)(=O)c1ccccc1F. The molecule has 2 aromatic carbocycles. The quantitative estimate of drug-likeness (QED) is 0.903. The Balaban J connectivity index is 2.49. The maximum Gasteiger partial charge on any atom is 0.337 e. The highest BCUT2D eigenvalue weighted by Gasteiger charge is 2.21. The molecule has 2 N–H and O–H groups in total. The molecule has 0 aliphatic carbocycles. The number of hydrogen-bond donors (Lipinski definition) is 2. The van der Waals surface area contributed by atoms with Gasteiger partial charge in [0.1, 0.15) is 10.7 Å². The number of carbonyl (C=O) groups is 1. The summed E-state index contributed by atoms with van der Waals surface area (Å²) >= 11 is 5.73. The predicted molar refractivity (Wildman–Crippen MR) is 75.6 cm³/mol. The monoisotopic (exact) mass is 329 g/mol. The maximum atomic E-state index is 13.6. The summed E-state index contributed by atoms with van der Waals surface area (Å²) in [6, 6.07) is 8.37. The zero-order valence-corrected chi connectivity index (χ0v) is 12.0. The second kappa shape index (κ2) is 5.71. The van der Waals surface area contributed by atoms with Crippen molar-refractivity contribution in [1.29, 1.82) is 0 Å². The van der Waals surface area contributed by atoms with Gasteiger partial charge in [-0.1, -0.05) is 23.7 Å². The molecule has 0 fully saturated rings. The number of sulfonamides is 1. The van der Waals surface area contributed by atoms with Crippen LogP contribution in [0.5, 0.6) is 0 Å². The third-order valence-corrected chi connectivity index (χ3v) is 4.22. The molecule has 0 bridgehead atoms. The van der Waals surface area contributed by atoms with Crippen LogP contribution >= 0.6 is 11.6 Å². The minimum absolute atomic E-state index is 0.145. The molecule has 0 radical (unpaired) electrons. The van der Waals surface area contributed by atoms with Gasteiger partial charge in [0.25, 0.3) is 10.0 Å². The smallest absolute Gasteiger partial charge is 0.337 e. The van der Waals surface area contributed by atoms with Gasteiger partial charge >= 0.3 is 5.97 Å². The Kier molecular flexibility index (Phi) is 4.15. The topological polar surface area (TPSA) is 83.5 Å². The van der Waals surface area contributed by atoms with E-state index in [-0.39, 0.29) is 16.3 Å². The van der Waals surface area contributed by atoms with Crippen LogP contribution in [0.1, 0.15) is 10.4 Å². The van der Waals surface area contributed by atoms with Gasteiger partial charge < -0.3 is 5.11 Å². The summed E-state index contributed by atoms with van der Waals surface area (Å²) in [5, 5.41) is 9.17. The van der Waals surface area contributed by atoms with Crippen LogP contribution < -0.4 is 4.72 Å². The molecule has 2 aromatic rings. The standard InChI is InChI=1S/C13H9ClFNO4S/c14-8-5-6-9(13(17)18)11(7-8)16-21(19,20)12-4-2-1-3-10(12)15/h1-7,16H,(H,17,18). The number of carboxylic acid groups (broad SMARTS) is 1. The second-order valence-electron chi connectivity index (χ2n) is 4.03. The Bertz CT molecular complexity index is 808. The molecular formula is C13H9ClFNO4S. The van der Waals surface area contributed by atoms with Crippen LogP contribution in [-0.2, 0) is 10.0 Å². The Morgan fingerprint density at radius 2 is 1.86 bits per heavy atom. The number of anilines is 1. The van der Waals surface area contributed by atoms with Crippen LogP contribution in [0.2, 0.25) is 5.02 Å². The van der Waals surface area contributed by atoms with Gasteiger partial charge in [-0.05, 0) is 30.3 Å². The lowest BCUT2D eigenvalue weighted by molar-refractivity contribution is 0.0698. The van der Waals surface area contributed by atoms with E-state index in [1.54, 1.807) is 0 Å². The van der Waals surface area contributed by atoms with Crippen LogP contribution in [0.3, 0.4) is 0 Å². The Morgan fingerprint density at radius 3 is 2.48 bits per heavy atom. The molecule has 0 aliphatic rings. The lowest BCUT2D eigenvalue weighted by Crippen LogP contribution is -2.16. The van der Waals surface area contributed by atoms with Gasteiger partial charge in [-0.3, -0.25) is 4.72 Å². The fraction of sp³-hybridized carbons (Fsp3) is 0. The first kappa shape index (κ1) is 15.3. The number of hydrogen-bond acceptors (Lipinski definition) is 3. The van der Waals surface area contributed by atoms with E-state index in [1.165, 1.54) is 18.2 Å². The molecule has 0 heterocycles. The van der Waals surface area contributed by atoms with Gasteiger partial charge in [-0.15, -0.1) is 0 Å². The molecule has 0 saturated carbocycles. The first-order valence-electron chi connectivity index (χ1n) is 5.61. The third kappa shape index (κ3) is 3.32. The molecule has 8 heteroatoms. The number of rotatable bonds is 4. The van der Waals surface area contributed by atoms with E-state index in [0.29, 0.717) is 0 Å². The van der Waals surface area contributed by atoms with Crippen LogP contribution in [0, 0.1) is 5.82 Å². The molecule has 2 rings (SSSR count). The van der Waals surface area contributed by atoms with Crippen LogP contribution in [0.4, 0.5) is 10.1 Å². The zero-order valence-electron chi connectivity index (χ0n) is 10.4. The van der Waals surface area contributed by atoms with Crippen molar-refractivity contribution in [3.8, 4) is 0 Å². The van der Waals surface area contributed by atoms with Crippen LogP contribution in [-0.4, -0.2) is 19.5 Å². The molecule has 0 aromatic heterocycles. The summed E-state index contributed by atoms with van der Waals surface area (Å²) in [5.41, 5.74) is -0.530. The van der Waals surface area contributed by atoms with Crippen molar-refractivity contribution in [2.24, 2.45) is 0 Å². The largest absolute Gasteiger partial charge is 0.478 e. The van der Waals surface area contributed by atoms with Crippen LogP contribution in [0.25, 0.3) is 0 Å². The third-order valence-electron chi connectivity index (χ3n) is 2.58. The first-order chi connectivity index (χ1) is 9.81. The summed E-state index contributed by atoms with van der Waals surface area (Å²) in [5.74, 6) is -2.28. The highest BCUT2D eigenvalue weighted by atomic mass is 35.5. The summed E-state index contributed by atoms with van der Waals surface area (Å²) < 4.78 is 39.8. The van der Waals surface area contributed by atoms with E-state index >= 15 is 0 Å². The first-order valence-corrected chi connectivity index (χ1v) is 7.47. The second-order valence-corrected chi connectivity index (χ2v) is 6.12. The number of nitrogens with one attached hydrogen (secondary N) is 1. The fourth-order valence-electron chi connectivity index (χ4n) is 1.65. The summed E-state index contributed by atoms with van der Waals surface area (Å²) in [7, 11) is -4.26. The van der Waals surface area contributed by atoms with Gasteiger partial charge in [0.2, 0.25) is 0 Å². The lowest BCUT2D eigenvalue weighted by Gasteiger charge is -2.11. The van der Waals surface area contributed by atoms with E-state index in [1.807, 2.05) is 4.72 Å². The maximum absolute atomic E-state index is 13.6. The summed E-state index contributed by atoms with van der Waals surface area (Å²) in [6.07, 6.45) is 0. The number of aromatic carboxylic acids is 1. The van der Waals surface area contributed by atoms with Gasteiger partial charge in [0, 0.05) is 5.02 Å². The Labute approximate surface area is 125 Å². The molecule has 0 atom stereocenters. The predicted octanol–water partition coefficient (Wildman–Crippen LogP) is 2.98. The highest BCUT2D eigenvalue weighted by molar-refractivity contribution is 7.92. The highest BCUT2D eigenvalue weighted by Crippen LogP contribution is 2.25. The van der Waals surface area contributed by atoms with Crippen molar-refractivity contribution in [1.82, 2.24) is 0 Å². The summed E-state index contributed by atoms with van der Waals surface area (Å²) in [6.45, 7) is 0. The van der Waals surface area contributed by atoms with Crippen molar-refractivity contribution >= 4 is 33.3 Å². The molecule has 0 unspecified atom stereocenters. The molecule has 21 heavy (non-hydrogen) atoms.